The fourth-order valence-corrected chi connectivity index (χ4v) is 7.59. The van der Waals surface area contributed by atoms with E-state index in [1.165, 1.54) is 9.80 Å². The molecule has 8 heteroatoms. The van der Waals surface area contributed by atoms with E-state index < -0.39 is 35.8 Å². The Morgan fingerprint density at radius 3 is 1.15 bits per heavy atom. The van der Waals surface area contributed by atoms with E-state index in [4.69, 9.17) is 9.47 Å². The molecule has 0 aromatic heterocycles. The molecule has 0 saturated heterocycles. The molecule has 0 aliphatic carbocycles. The molecule has 2 aliphatic heterocycles. The number of fused-ring (bicyclic) bond motifs is 2. The molecule has 4 aromatic rings. The van der Waals surface area contributed by atoms with Crippen LogP contribution in [0.3, 0.4) is 0 Å². The van der Waals surface area contributed by atoms with E-state index in [1.807, 2.05) is 151 Å². The topological polar surface area (TPSA) is 99.5 Å². The number of hydrogen-bond donors (Lipinski definition) is 2. The molecular formula is C44H54N2O6. The Labute approximate surface area is 309 Å². The van der Waals surface area contributed by atoms with Crippen LogP contribution >= 0.6 is 0 Å². The van der Waals surface area contributed by atoms with Crippen LogP contribution in [0.25, 0.3) is 0 Å². The third kappa shape index (κ3) is 8.35. The lowest BCUT2D eigenvalue weighted by molar-refractivity contribution is 0.0390. The van der Waals surface area contributed by atoms with Crippen molar-refractivity contribution in [3.63, 3.8) is 0 Å². The number of benzene rings is 4. The molecule has 0 radical (unpaired) electrons. The highest BCUT2D eigenvalue weighted by Crippen LogP contribution is 2.49. The lowest BCUT2D eigenvalue weighted by Crippen LogP contribution is -2.50. The van der Waals surface area contributed by atoms with Crippen LogP contribution in [-0.4, -0.2) is 46.1 Å². The molecule has 2 aliphatic rings. The van der Waals surface area contributed by atoms with Gasteiger partial charge in [-0.1, -0.05) is 111 Å². The lowest BCUT2D eigenvalue weighted by atomic mass is 9.75. The minimum atomic E-state index is -0.980. The van der Waals surface area contributed by atoms with Gasteiger partial charge in [0.1, 0.15) is 23.7 Å². The largest absolute Gasteiger partial charge is 0.443 e. The molecule has 6 rings (SSSR count). The number of aliphatic hydroxyl groups excluding tert-OH is 2. The third-order valence-corrected chi connectivity index (χ3v) is 9.66. The average Bonchev–Trinajstić information content (AvgIpc) is 3.09. The minimum absolute atomic E-state index is 0.127. The Kier molecular flexibility index (Phi) is 11.8. The van der Waals surface area contributed by atoms with Crippen LogP contribution in [0.4, 0.5) is 21.0 Å². The summed E-state index contributed by atoms with van der Waals surface area (Å²) in [6.45, 7) is 15.2. The monoisotopic (exact) mass is 706 g/mol. The number of aliphatic hydroxyl groups is 2. The lowest BCUT2D eigenvalue weighted by Gasteiger charge is -2.44. The van der Waals surface area contributed by atoms with E-state index in [2.05, 4.69) is 13.8 Å². The maximum absolute atomic E-state index is 12.9. The molecule has 0 saturated carbocycles. The van der Waals surface area contributed by atoms with Gasteiger partial charge in [-0.3, -0.25) is 9.80 Å². The molecule has 0 bridgehead atoms. The minimum Gasteiger partial charge on any atom is -0.443 e. The summed E-state index contributed by atoms with van der Waals surface area (Å²) >= 11 is 0. The van der Waals surface area contributed by atoms with Crippen LogP contribution in [0.1, 0.15) is 114 Å². The molecule has 8 nitrogen and oxygen atoms in total. The van der Waals surface area contributed by atoms with Gasteiger partial charge >= 0.3 is 12.2 Å². The van der Waals surface area contributed by atoms with Crippen LogP contribution in [-0.2, 0) is 9.47 Å². The van der Waals surface area contributed by atoms with Gasteiger partial charge in [0.15, 0.2) is 0 Å². The zero-order valence-electron chi connectivity index (χ0n) is 31.7. The van der Waals surface area contributed by atoms with Crippen molar-refractivity contribution in [2.75, 3.05) is 9.80 Å². The highest BCUT2D eigenvalue weighted by atomic mass is 16.6. The van der Waals surface area contributed by atoms with E-state index in [9.17, 15) is 19.8 Å². The number of hydrogen-bond acceptors (Lipinski definition) is 6. The van der Waals surface area contributed by atoms with Gasteiger partial charge in [0.05, 0.1) is 11.4 Å². The van der Waals surface area contributed by atoms with Crippen molar-refractivity contribution in [2.45, 2.75) is 116 Å². The Balaban J connectivity index is 0.000000201. The van der Waals surface area contributed by atoms with Gasteiger partial charge in [0.2, 0.25) is 0 Å². The quantitative estimate of drug-likeness (QED) is 0.219. The fraction of sp³-hybridized carbons (Fsp3) is 0.409. The van der Waals surface area contributed by atoms with E-state index >= 15 is 0 Å². The van der Waals surface area contributed by atoms with Crippen LogP contribution < -0.4 is 9.80 Å². The zero-order chi connectivity index (χ0) is 37.8. The van der Waals surface area contributed by atoms with E-state index in [0.29, 0.717) is 0 Å². The summed E-state index contributed by atoms with van der Waals surface area (Å²) in [7, 11) is 0. The van der Waals surface area contributed by atoms with Crippen molar-refractivity contribution in [2.24, 2.45) is 0 Å². The highest BCUT2D eigenvalue weighted by molar-refractivity contribution is 5.91. The second-order valence-corrected chi connectivity index (χ2v) is 15.5. The Hall–Kier alpha value is -4.66. The molecule has 2 heterocycles. The molecular weight excluding hydrogens is 652 g/mol. The predicted molar refractivity (Wildman–Crippen MR) is 207 cm³/mol. The van der Waals surface area contributed by atoms with Gasteiger partial charge in [-0.2, -0.15) is 0 Å². The van der Waals surface area contributed by atoms with Crippen molar-refractivity contribution < 1.29 is 29.3 Å². The second-order valence-electron chi connectivity index (χ2n) is 15.5. The number of carbonyl (C=O) groups is 2. The number of nitrogens with zero attached hydrogens (tertiary/aromatic N) is 2. The number of ether oxygens (including phenoxy) is 2. The molecule has 0 fully saturated rings. The van der Waals surface area contributed by atoms with Crippen molar-refractivity contribution >= 4 is 23.6 Å². The molecule has 0 unspecified atom stereocenters. The van der Waals surface area contributed by atoms with Gasteiger partial charge in [-0.15, -0.1) is 0 Å². The number of carbonyl (C=O) groups excluding carboxylic acids is 2. The average molecular weight is 707 g/mol. The number of para-hydroxylation sites is 2. The highest BCUT2D eigenvalue weighted by Gasteiger charge is 2.45. The van der Waals surface area contributed by atoms with Crippen molar-refractivity contribution in [1.82, 2.24) is 0 Å². The second kappa shape index (κ2) is 15.9. The van der Waals surface area contributed by atoms with Gasteiger partial charge in [-0.05, 0) is 101 Å². The molecule has 6 atom stereocenters. The standard InChI is InChI=1S/2C22H27NO3/c2*1-5-16-17-13-9-10-14-18(17)23(21(25)26-22(2,3)4)20(24)19(16)15-11-7-6-8-12-15/h2*6-14,16,19-20,24H,5H2,1-4H3/t2*16-,19+,20+/m10/s1. The van der Waals surface area contributed by atoms with Crippen LogP contribution in [0.15, 0.2) is 109 Å². The molecule has 276 valence electrons. The van der Waals surface area contributed by atoms with Crippen LogP contribution in [0.5, 0.6) is 0 Å². The third-order valence-electron chi connectivity index (χ3n) is 9.66. The van der Waals surface area contributed by atoms with E-state index in [-0.39, 0.29) is 23.7 Å². The molecule has 0 spiro atoms. The number of amides is 2. The SMILES string of the molecule is CC[C@@H]1c2ccccc2N(C(=O)OC(C)(C)C)[C@@H](O)[C@H]1c1ccccc1.CC[C@H]1c2ccccc2N(C(=O)OC(C)(C)C)[C@H](O)[C@@H]1c1ccccc1. The summed E-state index contributed by atoms with van der Waals surface area (Å²) in [5, 5.41) is 22.4. The summed E-state index contributed by atoms with van der Waals surface area (Å²) in [6.07, 6.45) is -1.26. The molecule has 4 aromatic carbocycles. The van der Waals surface area contributed by atoms with Gasteiger partial charge < -0.3 is 19.7 Å². The Morgan fingerprint density at radius 2 is 0.846 bits per heavy atom. The molecule has 52 heavy (non-hydrogen) atoms. The van der Waals surface area contributed by atoms with Crippen molar-refractivity contribution in [1.29, 1.82) is 0 Å². The molecule has 2 N–H and O–H groups in total. The normalized spacial score (nSPS) is 22.7. The van der Waals surface area contributed by atoms with E-state index in [0.717, 1.165) is 46.5 Å². The first kappa shape index (κ1) is 38.6. The Bertz CT molecular complexity index is 1670. The van der Waals surface area contributed by atoms with Gasteiger partial charge in [-0.25, -0.2) is 9.59 Å². The zero-order valence-corrected chi connectivity index (χ0v) is 31.7. The summed E-state index contributed by atoms with van der Waals surface area (Å²) in [5.74, 6) is -0.156. The van der Waals surface area contributed by atoms with Crippen LogP contribution in [0.2, 0.25) is 0 Å². The summed E-state index contributed by atoms with van der Waals surface area (Å²) < 4.78 is 11.2. The molecule has 2 amide bonds. The first-order chi connectivity index (χ1) is 24.7. The predicted octanol–water partition coefficient (Wildman–Crippen LogP) is 10.1. The smallest absolute Gasteiger partial charge is 0.416 e. The first-order valence-corrected chi connectivity index (χ1v) is 18.3. The van der Waals surface area contributed by atoms with Crippen molar-refractivity contribution in [3.8, 4) is 0 Å². The van der Waals surface area contributed by atoms with Gasteiger partial charge in [0.25, 0.3) is 0 Å². The van der Waals surface area contributed by atoms with Crippen molar-refractivity contribution in [3.05, 3.63) is 131 Å². The summed E-state index contributed by atoms with van der Waals surface area (Å²) in [5.41, 5.74) is 4.39. The number of rotatable bonds is 4. The summed E-state index contributed by atoms with van der Waals surface area (Å²) in [4.78, 5) is 28.6. The van der Waals surface area contributed by atoms with Gasteiger partial charge in [0, 0.05) is 11.8 Å². The first-order valence-electron chi connectivity index (χ1n) is 18.3. The maximum Gasteiger partial charge on any atom is 0.416 e. The van der Waals surface area contributed by atoms with E-state index in [1.54, 1.807) is 0 Å². The Morgan fingerprint density at radius 1 is 0.538 bits per heavy atom. The summed E-state index contributed by atoms with van der Waals surface area (Å²) in [6, 6.07) is 35.4. The maximum atomic E-state index is 12.9. The van der Waals surface area contributed by atoms with Crippen LogP contribution in [0, 0.1) is 0 Å². The fourth-order valence-electron chi connectivity index (χ4n) is 7.59. The number of anilines is 2.